The third-order valence-electron chi connectivity index (χ3n) is 3.38. The molecular formula is C16H24N2O3. The van der Waals surface area contributed by atoms with Crippen LogP contribution < -0.4 is 10.1 Å². The molecule has 0 radical (unpaired) electrons. The maximum atomic E-state index is 12.3. The molecule has 116 valence electrons. The maximum absolute atomic E-state index is 12.3. The number of para-hydroxylation sites is 2. The van der Waals surface area contributed by atoms with E-state index < -0.39 is 0 Å². The minimum Gasteiger partial charge on any atom is -0.486 e. The molecule has 1 atom stereocenters. The highest BCUT2D eigenvalue weighted by Gasteiger charge is 2.26. The number of aliphatic hydroxyl groups is 1. The second-order valence-corrected chi connectivity index (χ2v) is 6.42. The van der Waals surface area contributed by atoms with E-state index >= 15 is 0 Å². The summed E-state index contributed by atoms with van der Waals surface area (Å²) in [5.41, 5.74) is 0.348. The molecule has 1 aliphatic heterocycles. The van der Waals surface area contributed by atoms with Crippen molar-refractivity contribution in [1.29, 1.82) is 0 Å². The lowest BCUT2D eigenvalue weighted by Crippen LogP contribution is -2.33. The van der Waals surface area contributed by atoms with Crippen LogP contribution >= 0.6 is 0 Å². The number of anilines is 1. The van der Waals surface area contributed by atoms with Gasteiger partial charge in [-0.2, -0.15) is 0 Å². The summed E-state index contributed by atoms with van der Waals surface area (Å²) in [5, 5.41) is 12.0. The molecule has 0 spiro atoms. The number of hydrogen-bond acceptors (Lipinski definition) is 3. The number of nitrogens with one attached hydrogen (secondary N) is 1. The zero-order valence-electron chi connectivity index (χ0n) is 12.9. The summed E-state index contributed by atoms with van der Waals surface area (Å²) in [5.74, 6) is 0.855. The number of hydrogen-bond donors (Lipinski definition) is 2. The minimum absolute atomic E-state index is 0.132. The van der Waals surface area contributed by atoms with Gasteiger partial charge in [-0.05, 0) is 39.3 Å². The molecule has 1 unspecified atom stereocenters. The Balaban J connectivity index is 2.04. The van der Waals surface area contributed by atoms with Crippen LogP contribution in [-0.4, -0.2) is 41.3 Å². The van der Waals surface area contributed by atoms with E-state index in [0.29, 0.717) is 24.5 Å². The van der Waals surface area contributed by atoms with Crippen molar-refractivity contribution < 1.29 is 14.6 Å². The number of benzene rings is 1. The number of ether oxygens (including phenoxy) is 1. The Morgan fingerprint density at radius 2 is 2.14 bits per heavy atom. The Morgan fingerprint density at radius 1 is 1.43 bits per heavy atom. The van der Waals surface area contributed by atoms with Crippen molar-refractivity contribution in [3.63, 3.8) is 0 Å². The van der Waals surface area contributed by atoms with Gasteiger partial charge in [0, 0.05) is 25.6 Å². The number of carbonyl (C=O) groups is 1. The van der Waals surface area contributed by atoms with Crippen LogP contribution in [0.4, 0.5) is 10.5 Å². The van der Waals surface area contributed by atoms with Gasteiger partial charge in [0.05, 0.1) is 5.69 Å². The van der Waals surface area contributed by atoms with Crippen molar-refractivity contribution >= 4 is 11.7 Å². The van der Waals surface area contributed by atoms with Crippen LogP contribution in [0.2, 0.25) is 0 Å². The monoisotopic (exact) mass is 292 g/mol. The average molecular weight is 292 g/mol. The van der Waals surface area contributed by atoms with Crippen LogP contribution in [0.15, 0.2) is 24.3 Å². The molecule has 0 saturated carbocycles. The van der Waals surface area contributed by atoms with Gasteiger partial charge in [-0.3, -0.25) is 0 Å². The quantitative estimate of drug-likeness (QED) is 0.900. The first-order chi connectivity index (χ1) is 9.89. The van der Waals surface area contributed by atoms with Gasteiger partial charge in [0.2, 0.25) is 0 Å². The van der Waals surface area contributed by atoms with E-state index in [9.17, 15) is 4.79 Å². The summed E-state index contributed by atoms with van der Waals surface area (Å²) in [6.07, 6.45) is 0.851. The van der Waals surface area contributed by atoms with E-state index in [2.05, 4.69) is 5.32 Å². The van der Waals surface area contributed by atoms with Crippen molar-refractivity contribution in [2.24, 2.45) is 5.92 Å². The van der Waals surface area contributed by atoms with Crippen LogP contribution in [0, 0.1) is 5.92 Å². The molecule has 0 bridgehead atoms. The fraction of sp³-hybridized carbons (Fsp3) is 0.562. The summed E-state index contributed by atoms with van der Waals surface area (Å²) in [4.78, 5) is 14.0. The second kappa shape index (κ2) is 6.35. The maximum Gasteiger partial charge on any atom is 0.321 e. The Labute approximate surface area is 125 Å². The molecule has 0 aliphatic carbocycles. The molecule has 5 heteroatoms. The second-order valence-electron chi connectivity index (χ2n) is 6.42. The van der Waals surface area contributed by atoms with E-state index in [1.807, 2.05) is 45.0 Å². The summed E-state index contributed by atoms with van der Waals surface area (Å²) in [6.45, 7) is 7.32. The first kappa shape index (κ1) is 15.6. The predicted molar refractivity (Wildman–Crippen MR) is 82.6 cm³/mol. The van der Waals surface area contributed by atoms with E-state index in [1.54, 1.807) is 4.90 Å². The summed E-state index contributed by atoms with van der Waals surface area (Å²) in [6, 6.07) is 7.29. The van der Waals surface area contributed by atoms with E-state index in [4.69, 9.17) is 9.84 Å². The number of nitrogens with zero attached hydrogens (tertiary/aromatic N) is 1. The molecule has 2 amide bonds. The number of carbonyl (C=O) groups excluding carboxylic acids is 1. The van der Waals surface area contributed by atoms with E-state index in [0.717, 1.165) is 6.42 Å². The molecule has 2 rings (SSSR count). The number of rotatable bonds is 3. The highest BCUT2D eigenvalue weighted by atomic mass is 16.5. The van der Waals surface area contributed by atoms with Gasteiger partial charge >= 0.3 is 6.03 Å². The first-order valence-electron chi connectivity index (χ1n) is 7.34. The average Bonchev–Trinajstić information content (AvgIpc) is 2.88. The normalized spacial score (nSPS) is 18.7. The molecule has 21 heavy (non-hydrogen) atoms. The molecule has 1 heterocycles. The Kier molecular flexibility index (Phi) is 4.73. The van der Waals surface area contributed by atoms with Crippen molar-refractivity contribution in [1.82, 2.24) is 4.90 Å². The summed E-state index contributed by atoms with van der Waals surface area (Å²) in [7, 11) is 0. The SMILES string of the molecule is CC(C)(C)Oc1ccccc1NC(=O)N1CCC(CO)C1. The summed E-state index contributed by atoms with van der Waals surface area (Å²) < 4.78 is 5.87. The Morgan fingerprint density at radius 3 is 2.76 bits per heavy atom. The van der Waals surface area contributed by atoms with Crippen LogP contribution in [-0.2, 0) is 0 Å². The van der Waals surface area contributed by atoms with Gasteiger partial charge in [0.15, 0.2) is 0 Å². The lowest BCUT2D eigenvalue weighted by atomic mass is 10.1. The van der Waals surface area contributed by atoms with E-state index in [-0.39, 0.29) is 24.2 Å². The number of amides is 2. The highest BCUT2D eigenvalue weighted by molar-refractivity contribution is 5.91. The number of aliphatic hydroxyl groups excluding tert-OH is 1. The van der Waals surface area contributed by atoms with Crippen molar-refractivity contribution in [3.8, 4) is 5.75 Å². The van der Waals surface area contributed by atoms with E-state index in [1.165, 1.54) is 0 Å². The zero-order chi connectivity index (χ0) is 15.5. The fourth-order valence-corrected chi connectivity index (χ4v) is 2.35. The van der Waals surface area contributed by atoms with Gasteiger partial charge in [0.1, 0.15) is 11.4 Å². The lowest BCUT2D eigenvalue weighted by Gasteiger charge is -2.24. The zero-order valence-corrected chi connectivity index (χ0v) is 12.9. The van der Waals surface area contributed by atoms with Gasteiger partial charge in [-0.25, -0.2) is 4.79 Å². The van der Waals surface area contributed by atoms with Crippen molar-refractivity contribution in [3.05, 3.63) is 24.3 Å². The van der Waals surface area contributed by atoms with Crippen LogP contribution in [0.5, 0.6) is 5.75 Å². The molecule has 1 aromatic carbocycles. The summed E-state index contributed by atoms with van der Waals surface area (Å²) >= 11 is 0. The van der Waals surface area contributed by atoms with Gasteiger partial charge in [0.25, 0.3) is 0 Å². The topological polar surface area (TPSA) is 61.8 Å². The largest absolute Gasteiger partial charge is 0.486 e. The minimum atomic E-state index is -0.323. The van der Waals surface area contributed by atoms with Crippen LogP contribution in [0.25, 0.3) is 0 Å². The van der Waals surface area contributed by atoms with Crippen LogP contribution in [0.3, 0.4) is 0 Å². The number of likely N-dealkylation sites (tertiary alicyclic amines) is 1. The van der Waals surface area contributed by atoms with Crippen LogP contribution in [0.1, 0.15) is 27.2 Å². The highest BCUT2D eigenvalue weighted by Crippen LogP contribution is 2.28. The molecule has 1 saturated heterocycles. The van der Waals surface area contributed by atoms with Gasteiger partial charge < -0.3 is 20.1 Å². The van der Waals surface area contributed by atoms with Crippen molar-refractivity contribution in [2.75, 3.05) is 25.0 Å². The molecule has 5 nitrogen and oxygen atoms in total. The smallest absolute Gasteiger partial charge is 0.321 e. The molecule has 1 aromatic rings. The van der Waals surface area contributed by atoms with Crippen molar-refractivity contribution in [2.45, 2.75) is 32.8 Å². The third kappa shape index (κ3) is 4.36. The lowest BCUT2D eigenvalue weighted by molar-refractivity contribution is 0.132. The van der Waals surface area contributed by atoms with Gasteiger partial charge in [-0.15, -0.1) is 0 Å². The Hall–Kier alpha value is -1.75. The molecule has 1 fully saturated rings. The Bertz CT molecular complexity index is 497. The fourth-order valence-electron chi connectivity index (χ4n) is 2.35. The first-order valence-corrected chi connectivity index (χ1v) is 7.34. The van der Waals surface area contributed by atoms with Gasteiger partial charge in [-0.1, -0.05) is 12.1 Å². The number of urea groups is 1. The predicted octanol–water partition coefficient (Wildman–Crippen LogP) is 2.71. The molecule has 1 aliphatic rings. The standard InChI is InChI=1S/C16H24N2O3/c1-16(2,3)21-14-7-5-4-6-13(14)17-15(20)18-9-8-12(10-18)11-19/h4-7,12,19H,8-11H2,1-3H3,(H,17,20). The molecular weight excluding hydrogens is 268 g/mol. The molecule has 2 N–H and O–H groups in total. The third-order valence-corrected chi connectivity index (χ3v) is 3.38. The molecule has 0 aromatic heterocycles.